The molecule has 2 rings (SSSR count). The van der Waals surface area contributed by atoms with Crippen LogP contribution >= 0.6 is 0 Å². The first-order valence-corrected chi connectivity index (χ1v) is 9.60. The van der Waals surface area contributed by atoms with Crippen LogP contribution in [0.25, 0.3) is 0 Å². The molecule has 5 nitrogen and oxygen atoms in total. The van der Waals surface area contributed by atoms with Crippen molar-refractivity contribution in [3.63, 3.8) is 0 Å². The van der Waals surface area contributed by atoms with Crippen LogP contribution in [0.3, 0.4) is 0 Å². The van der Waals surface area contributed by atoms with E-state index < -0.39 is 0 Å². The van der Waals surface area contributed by atoms with Gasteiger partial charge in [-0.2, -0.15) is 0 Å². The zero-order valence-electron chi connectivity index (χ0n) is 15.1. The minimum atomic E-state index is 0.787. The number of rotatable bonds is 7. The third-order valence-electron chi connectivity index (χ3n) is 5.03. The summed E-state index contributed by atoms with van der Waals surface area (Å²) in [6, 6.07) is 0. The van der Waals surface area contributed by atoms with Crippen LogP contribution < -0.4 is 10.6 Å². The SMILES string of the molecule is CCNC(=NCC1CCC(C)CC1)NCCCN1CCOCC1. The molecule has 0 unspecified atom stereocenters. The molecule has 1 heterocycles. The Morgan fingerprint density at radius 1 is 1.13 bits per heavy atom. The summed E-state index contributed by atoms with van der Waals surface area (Å²) >= 11 is 0. The first kappa shape index (κ1) is 18.5. The van der Waals surface area contributed by atoms with Crippen LogP contribution in [0.5, 0.6) is 0 Å². The lowest BCUT2D eigenvalue weighted by atomic mass is 9.83. The van der Waals surface area contributed by atoms with E-state index in [1.807, 2.05) is 0 Å². The van der Waals surface area contributed by atoms with Crippen LogP contribution in [-0.4, -0.2) is 63.3 Å². The van der Waals surface area contributed by atoms with E-state index in [-0.39, 0.29) is 0 Å². The third kappa shape index (κ3) is 7.53. The van der Waals surface area contributed by atoms with Crippen LogP contribution in [0.15, 0.2) is 4.99 Å². The Hall–Kier alpha value is -0.810. The molecule has 1 saturated carbocycles. The predicted molar refractivity (Wildman–Crippen MR) is 97.0 cm³/mol. The summed E-state index contributed by atoms with van der Waals surface area (Å²) in [5, 5.41) is 6.86. The zero-order valence-corrected chi connectivity index (χ0v) is 15.1. The van der Waals surface area contributed by atoms with Crippen LogP contribution in [0.2, 0.25) is 0 Å². The van der Waals surface area contributed by atoms with Crippen molar-refractivity contribution in [1.29, 1.82) is 0 Å². The molecule has 0 bridgehead atoms. The van der Waals surface area contributed by atoms with Crippen LogP contribution in [0.4, 0.5) is 0 Å². The number of nitrogens with zero attached hydrogens (tertiary/aromatic N) is 2. The van der Waals surface area contributed by atoms with Gasteiger partial charge < -0.3 is 15.4 Å². The quantitative estimate of drug-likeness (QED) is 0.428. The summed E-state index contributed by atoms with van der Waals surface area (Å²) in [4.78, 5) is 7.29. The number of ether oxygens (including phenoxy) is 1. The van der Waals surface area contributed by atoms with Crippen molar-refractivity contribution in [3.8, 4) is 0 Å². The van der Waals surface area contributed by atoms with Gasteiger partial charge in [0, 0.05) is 32.7 Å². The van der Waals surface area contributed by atoms with Gasteiger partial charge >= 0.3 is 0 Å². The summed E-state index contributed by atoms with van der Waals surface area (Å²) in [5.74, 6) is 2.70. The van der Waals surface area contributed by atoms with Crippen molar-refractivity contribution in [1.82, 2.24) is 15.5 Å². The maximum atomic E-state index is 5.39. The van der Waals surface area contributed by atoms with E-state index in [1.54, 1.807) is 0 Å². The van der Waals surface area contributed by atoms with Gasteiger partial charge in [0.15, 0.2) is 5.96 Å². The van der Waals surface area contributed by atoms with E-state index in [9.17, 15) is 0 Å². The van der Waals surface area contributed by atoms with Crippen molar-refractivity contribution in [2.24, 2.45) is 16.8 Å². The number of morpholine rings is 1. The van der Waals surface area contributed by atoms with Gasteiger partial charge in [-0.1, -0.05) is 19.8 Å². The molecular formula is C18H36N4O. The van der Waals surface area contributed by atoms with Gasteiger partial charge in [-0.25, -0.2) is 0 Å². The van der Waals surface area contributed by atoms with Gasteiger partial charge in [0.25, 0.3) is 0 Å². The number of hydrogen-bond donors (Lipinski definition) is 2. The molecule has 134 valence electrons. The molecule has 0 aromatic heterocycles. The highest BCUT2D eigenvalue weighted by molar-refractivity contribution is 5.79. The molecule has 0 aromatic rings. The van der Waals surface area contributed by atoms with E-state index in [1.165, 1.54) is 25.7 Å². The number of hydrogen-bond acceptors (Lipinski definition) is 3. The largest absolute Gasteiger partial charge is 0.379 e. The molecule has 23 heavy (non-hydrogen) atoms. The fourth-order valence-corrected chi connectivity index (χ4v) is 3.41. The highest BCUT2D eigenvalue weighted by atomic mass is 16.5. The molecule has 2 aliphatic rings. The minimum Gasteiger partial charge on any atom is -0.379 e. The summed E-state index contributed by atoms with van der Waals surface area (Å²) in [6.45, 7) is 12.5. The average molecular weight is 325 g/mol. The maximum absolute atomic E-state index is 5.39. The summed E-state index contributed by atoms with van der Waals surface area (Å²) in [6.07, 6.45) is 6.61. The van der Waals surface area contributed by atoms with E-state index >= 15 is 0 Å². The highest BCUT2D eigenvalue weighted by Gasteiger charge is 2.17. The van der Waals surface area contributed by atoms with Crippen molar-refractivity contribution in [2.45, 2.75) is 46.0 Å². The van der Waals surface area contributed by atoms with Gasteiger partial charge in [0.2, 0.25) is 0 Å². The number of nitrogens with one attached hydrogen (secondary N) is 2. The van der Waals surface area contributed by atoms with Gasteiger partial charge in [-0.05, 0) is 44.6 Å². The Kier molecular flexibility index (Phi) is 8.76. The standard InChI is InChI=1S/C18H36N4O/c1-3-19-18(21-15-17-7-5-16(2)6-8-17)20-9-4-10-22-11-13-23-14-12-22/h16-17H,3-15H2,1-2H3,(H2,19,20,21). The topological polar surface area (TPSA) is 48.9 Å². The Balaban J connectivity index is 1.62. The van der Waals surface area contributed by atoms with Crippen molar-refractivity contribution < 1.29 is 4.74 Å². The lowest BCUT2D eigenvalue weighted by molar-refractivity contribution is 0.0376. The van der Waals surface area contributed by atoms with E-state index in [0.717, 1.165) is 76.7 Å². The highest BCUT2D eigenvalue weighted by Crippen LogP contribution is 2.28. The normalized spacial score (nSPS) is 27.0. The second kappa shape index (κ2) is 10.9. The molecule has 1 aliphatic carbocycles. The summed E-state index contributed by atoms with van der Waals surface area (Å²) < 4.78 is 5.39. The molecule has 0 radical (unpaired) electrons. The second-order valence-electron chi connectivity index (χ2n) is 7.08. The van der Waals surface area contributed by atoms with Crippen LogP contribution in [0.1, 0.15) is 46.0 Å². The van der Waals surface area contributed by atoms with Gasteiger partial charge in [-0.15, -0.1) is 0 Å². The summed E-state index contributed by atoms with van der Waals surface area (Å²) in [7, 11) is 0. The van der Waals surface area contributed by atoms with Gasteiger partial charge in [0.1, 0.15) is 0 Å². The number of aliphatic imine (C=N–C) groups is 1. The zero-order chi connectivity index (χ0) is 16.3. The van der Waals surface area contributed by atoms with E-state index in [2.05, 4.69) is 29.4 Å². The smallest absolute Gasteiger partial charge is 0.191 e. The maximum Gasteiger partial charge on any atom is 0.191 e. The molecule has 2 fully saturated rings. The lowest BCUT2D eigenvalue weighted by Gasteiger charge is -2.26. The lowest BCUT2D eigenvalue weighted by Crippen LogP contribution is -2.41. The Bertz CT molecular complexity index is 334. The minimum absolute atomic E-state index is 0.787. The fourth-order valence-electron chi connectivity index (χ4n) is 3.41. The van der Waals surface area contributed by atoms with Crippen molar-refractivity contribution in [2.75, 3.05) is 52.5 Å². The average Bonchev–Trinajstić information content (AvgIpc) is 2.59. The first-order chi connectivity index (χ1) is 11.3. The fraction of sp³-hybridized carbons (Fsp3) is 0.944. The Morgan fingerprint density at radius 3 is 2.57 bits per heavy atom. The molecule has 0 amide bonds. The number of guanidine groups is 1. The molecular weight excluding hydrogens is 288 g/mol. The molecule has 0 spiro atoms. The van der Waals surface area contributed by atoms with Gasteiger partial charge in [-0.3, -0.25) is 9.89 Å². The first-order valence-electron chi connectivity index (χ1n) is 9.60. The third-order valence-corrected chi connectivity index (χ3v) is 5.03. The Labute approximate surface area is 142 Å². The van der Waals surface area contributed by atoms with Crippen LogP contribution in [0, 0.1) is 11.8 Å². The Morgan fingerprint density at radius 2 is 1.87 bits per heavy atom. The second-order valence-corrected chi connectivity index (χ2v) is 7.08. The molecule has 5 heteroatoms. The van der Waals surface area contributed by atoms with Crippen LogP contribution in [-0.2, 0) is 4.74 Å². The predicted octanol–water partition coefficient (Wildman–Crippen LogP) is 2.09. The molecule has 0 atom stereocenters. The molecule has 0 aromatic carbocycles. The molecule has 1 saturated heterocycles. The van der Waals surface area contributed by atoms with E-state index in [0.29, 0.717) is 0 Å². The molecule has 2 N–H and O–H groups in total. The van der Waals surface area contributed by atoms with Gasteiger partial charge in [0.05, 0.1) is 13.2 Å². The van der Waals surface area contributed by atoms with Crippen molar-refractivity contribution in [3.05, 3.63) is 0 Å². The van der Waals surface area contributed by atoms with E-state index in [4.69, 9.17) is 9.73 Å². The molecule has 1 aliphatic heterocycles. The monoisotopic (exact) mass is 324 g/mol. The summed E-state index contributed by atoms with van der Waals surface area (Å²) in [5.41, 5.74) is 0. The van der Waals surface area contributed by atoms with Crippen molar-refractivity contribution >= 4 is 5.96 Å².